The van der Waals surface area contributed by atoms with Crippen LogP contribution >= 0.6 is 11.6 Å². The molecule has 3 N–H and O–H groups in total. The van der Waals surface area contributed by atoms with Crippen LogP contribution in [0.2, 0.25) is 5.02 Å². The van der Waals surface area contributed by atoms with Gasteiger partial charge in [0.05, 0.1) is 5.02 Å². The molecule has 0 unspecified atom stereocenters. The van der Waals surface area contributed by atoms with E-state index in [-0.39, 0.29) is 10.8 Å². The average Bonchev–Trinajstić information content (AvgIpc) is 3.04. The number of nitrogens with one attached hydrogen (secondary N) is 1. The van der Waals surface area contributed by atoms with Crippen LogP contribution in [0.3, 0.4) is 0 Å². The van der Waals surface area contributed by atoms with Gasteiger partial charge in [0.1, 0.15) is 5.82 Å². The second-order valence-corrected chi connectivity index (χ2v) is 4.96. The van der Waals surface area contributed by atoms with Crippen molar-refractivity contribution in [1.82, 2.24) is 5.32 Å². The van der Waals surface area contributed by atoms with Gasteiger partial charge in [-0.05, 0) is 42.5 Å². The molecule has 0 radical (unpaired) electrons. The van der Waals surface area contributed by atoms with Crippen LogP contribution in [0.5, 0.6) is 0 Å². The highest BCUT2D eigenvalue weighted by Crippen LogP contribution is 2.43. The van der Waals surface area contributed by atoms with Crippen LogP contribution in [0.25, 0.3) is 0 Å². The van der Waals surface area contributed by atoms with Crippen molar-refractivity contribution in [1.29, 1.82) is 0 Å². The van der Waals surface area contributed by atoms with Gasteiger partial charge >= 0.3 is 0 Å². The lowest BCUT2D eigenvalue weighted by Crippen LogP contribution is -2.29. The van der Waals surface area contributed by atoms with Gasteiger partial charge in [-0.3, -0.25) is 0 Å². The third-order valence-corrected chi connectivity index (χ3v) is 3.49. The molecule has 1 aliphatic carbocycles. The van der Waals surface area contributed by atoms with E-state index in [0.29, 0.717) is 12.0 Å². The van der Waals surface area contributed by atoms with Crippen LogP contribution in [0, 0.1) is 11.2 Å². The summed E-state index contributed by atoms with van der Waals surface area (Å²) in [6, 6.07) is 4.80. The van der Waals surface area contributed by atoms with Crippen molar-refractivity contribution in [2.75, 3.05) is 13.1 Å². The lowest BCUT2D eigenvalue weighted by atomic mass is 10.1. The van der Waals surface area contributed by atoms with Gasteiger partial charge in [-0.1, -0.05) is 17.7 Å². The molecule has 1 saturated carbocycles. The summed E-state index contributed by atoms with van der Waals surface area (Å²) < 4.78 is 12.9. The Morgan fingerprint density at radius 3 is 2.75 bits per heavy atom. The van der Waals surface area contributed by atoms with Gasteiger partial charge in [-0.2, -0.15) is 0 Å². The average molecular weight is 243 g/mol. The van der Waals surface area contributed by atoms with Crippen LogP contribution < -0.4 is 11.1 Å². The molecule has 2 nitrogen and oxygen atoms in total. The molecule has 16 heavy (non-hydrogen) atoms. The van der Waals surface area contributed by atoms with Gasteiger partial charge in [0.25, 0.3) is 0 Å². The third-order valence-electron chi connectivity index (χ3n) is 3.20. The molecule has 0 spiro atoms. The Labute approximate surface area is 100.0 Å². The number of hydrogen-bond acceptors (Lipinski definition) is 2. The standard InChI is InChI=1S/C12H16ClFN2/c13-10-5-9(1-2-11(10)14)6-16-8-12(7-15)3-4-12/h1-2,5,16H,3-4,6-8,15H2. The van der Waals surface area contributed by atoms with Gasteiger partial charge < -0.3 is 11.1 Å². The van der Waals surface area contributed by atoms with Crippen LogP contribution in [0.1, 0.15) is 18.4 Å². The second-order valence-electron chi connectivity index (χ2n) is 4.56. The smallest absolute Gasteiger partial charge is 0.141 e. The zero-order valence-corrected chi connectivity index (χ0v) is 9.86. The number of hydrogen-bond donors (Lipinski definition) is 2. The molecule has 0 atom stereocenters. The van der Waals surface area contributed by atoms with Crippen molar-refractivity contribution >= 4 is 11.6 Å². The number of halogens is 2. The Bertz CT molecular complexity index is 377. The van der Waals surface area contributed by atoms with Gasteiger partial charge in [0.15, 0.2) is 0 Å². The maximum Gasteiger partial charge on any atom is 0.141 e. The van der Waals surface area contributed by atoms with Crippen LogP contribution in [-0.4, -0.2) is 13.1 Å². The molecule has 0 aliphatic heterocycles. The lowest BCUT2D eigenvalue weighted by molar-refractivity contribution is 0.467. The van der Waals surface area contributed by atoms with E-state index in [2.05, 4.69) is 5.32 Å². The van der Waals surface area contributed by atoms with Crippen LogP contribution in [-0.2, 0) is 6.54 Å². The van der Waals surface area contributed by atoms with Crippen LogP contribution in [0.15, 0.2) is 18.2 Å². The summed E-state index contributed by atoms with van der Waals surface area (Å²) in [7, 11) is 0. The van der Waals surface area contributed by atoms with Gasteiger partial charge in [-0.25, -0.2) is 4.39 Å². The minimum Gasteiger partial charge on any atom is -0.330 e. The van der Waals surface area contributed by atoms with Crippen molar-refractivity contribution in [3.63, 3.8) is 0 Å². The SMILES string of the molecule is NCC1(CNCc2ccc(F)c(Cl)c2)CC1. The largest absolute Gasteiger partial charge is 0.330 e. The number of nitrogens with two attached hydrogens (primary N) is 1. The van der Waals surface area contributed by atoms with Gasteiger partial charge in [0.2, 0.25) is 0 Å². The quantitative estimate of drug-likeness (QED) is 0.832. The van der Waals surface area contributed by atoms with Gasteiger partial charge in [-0.15, -0.1) is 0 Å². The van der Waals surface area contributed by atoms with Crippen molar-refractivity contribution in [3.05, 3.63) is 34.6 Å². The zero-order valence-electron chi connectivity index (χ0n) is 9.10. The van der Waals surface area contributed by atoms with E-state index in [9.17, 15) is 4.39 Å². The topological polar surface area (TPSA) is 38.0 Å². The first kappa shape index (κ1) is 11.8. The molecule has 1 aromatic rings. The molecular formula is C12H16ClFN2. The highest BCUT2D eigenvalue weighted by Gasteiger charge is 2.40. The summed E-state index contributed by atoms with van der Waals surface area (Å²) >= 11 is 5.70. The number of rotatable bonds is 5. The van der Waals surface area contributed by atoms with E-state index in [1.54, 1.807) is 12.1 Å². The molecule has 1 aromatic carbocycles. The van der Waals surface area contributed by atoms with E-state index >= 15 is 0 Å². The fourth-order valence-corrected chi connectivity index (χ4v) is 1.95. The molecule has 0 heterocycles. The van der Waals surface area contributed by atoms with E-state index in [0.717, 1.165) is 18.7 Å². The molecule has 4 heteroatoms. The molecule has 0 saturated heterocycles. The summed E-state index contributed by atoms with van der Waals surface area (Å²) in [4.78, 5) is 0. The van der Waals surface area contributed by atoms with Gasteiger partial charge in [0, 0.05) is 13.1 Å². The lowest BCUT2D eigenvalue weighted by Gasteiger charge is -2.13. The fourth-order valence-electron chi connectivity index (χ4n) is 1.75. The minimum atomic E-state index is -0.369. The molecule has 1 fully saturated rings. The summed E-state index contributed by atoms with van der Waals surface area (Å²) in [6.45, 7) is 2.38. The molecule has 2 rings (SSSR count). The number of benzene rings is 1. The van der Waals surface area contributed by atoms with E-state index in [4.69, 9.17) is 17.3 Å². The van der Waals surface area contributed by atoms with E-state index in [1.165, 1.54) is 18.9 Å². The summed E-state index contributed by atoms with van der Waals surface area (Å²) in [5.74, 6) is -0.369. The Morgan fingerprint density at radius 2 is 2.19 bits per heavy atom. The first-order valence-electron chi connectivity index (χ1n) is 5.50. The molecule has 1 aliphatic rings. The Balaban J connectivity index is 1.83. The Kier molecular flexibility index (Phi) is 3.47. The van der Waals surface area contributed by atoms with E-state index < -0.39 is 0 Å². The molecule has 0 aromatic heterocycles. The Morgan fingerprint density at radius 1 is 1.44 bits per heavy atom. The predicted octanol–water partition coefficient (Wildman–Crippen LogP) is 2.31. The molecular weight excluding hydrogens is 227 g/mol. The van der Waals surface area contributed by atoms with Crippen molar-refractivity contribution in [3.8, 4) is 0 Å². The Hall–Kier alpha value is -0.640. The van der Waals surface area contributed by atoms with Crippen molar-refractivity contribution in [2.45, 2.75) is 19.4 Å². The van der Waals surface area contributed by atoms with E-state index in [1.807, 2.05) is 0 Å². The maximum atomic E-state index is 12.9. The monoisotopic (exact) mass is 242 g/mol. The third kappa shape index (κ3) is 2.73. The highest BCUT2D eigenvalue weighted by atomic mass is 35.5. The fraction of sp³-hybridized carbons (Fsp3) is 0.500. The van der Waals surface area contributed by atoms with Crippen LogP contribution in [0.4, 0.5) is 4.39 Å². The maximum absolute atomic E-state index is 12.9. The zero-order chi connectivity index (χ0) is 11.6. The molecule has 0 bridgehead atoms. The second kappa shape index (κ2) is 4.70. The first-order chi connectivity index (χ1) is 7.65. The predicted molar refractivity (Wildman–Crippen MR) is 63.8 cm³/mol. The molecule has 0 amide bonds. The molecule has 88 valence electrons. The van der Waals surface area contributed by atoms with Crippen molar-refractivity contribution in [2.24, 2.45) is 11.1 Å². The summed E-state index contributed by atoms with van der Waals surface area (Å²) in [5, 5.41) is 3.52. The van der Waals surface area contributed by atoms with Crippen molar-refractivity contribution < 1.29 is 4.39 Å². The summed E-state index contributed by atoms with van der Waals surface area (Å²) in [6.07, 6.45) is 2.42. The summed E-state index contributed by atoms with van der Waals surface area (Å²) in [5.41, 5.74) is 7.00. The first-order valence-corrected chi connectivity index (χ1v) is 5.88. The highest BCUT2D eigenvalue weighted by molar-refractivity contribution is 6.30. The normalized spacial score (nSPS) is 17.4. The minimum absolute atomic E-state index is 0.180.